The predicted molar refractivity (Wildman–Crippen MR) is 104 cm³/mol. The van der Waals surface area contributed by atoms with Gasteiger partial charge in [-0.15, -0.1) is 0 Å². The molecule has 0 aliphatic carbocycles. The van der Waals surface area contributed by atoms with Crippen LogP contribution in [0.4, 0.5) is 5.69 Å². The number of anilines is 1. The summed E-state index contributed by atoms with van der Waals surface area (Å²) in [7, 11) is 0. The molecule has 0 bridgehead atoms. The van der Waals surface area contributed by atoms with Crippen LogP contribution in [-0.4, -0.2) is 49.4 Å². The highest BCUT2D eigenvalue weighted by Gasteiger charge is 2.27. The lowest BCUT2D eigenvalue weighted by Crippen LogP contribution is -3.15. The van der Waals surface area contributed by atoms with Gasteiger partial charge in [0.05, 0.1) is 32.4 Å². The molecule has 1 aromatic heterocycles. The van der Waals surface area contributed by atoms with E-state index in [1.54, 1.807) is 17.0 Å². The third-order valence-corrected chi connectivity index (χ3v) is 5.28. The normalized spacial score (nSPS) is 16.1. The average molecular weight is 370 g/mol. The van der Waals surface area contributed by atoms with Gasteiger partial charge in [-0.05, 0) is 42.2 Å². The van der Waals surface area contributed by atoms with Crippen LogP contribution in [0, 0.1) is 0 Å². The van der Waals surface area contributed by atoms with Gasteiger partial charge >= 0.3 is 0 Å². The van der Waals surface area contributed by atoms with Crippen LogP contribution in [0.2, 0.25) is 0 Å². The van der Waals surface area contributed by atoms with Crippen molar-refractivity contribution in [1.82, 2.24) is 4.90 Å². The Kier molecular flexibility index (Phi) is 6.29. The summed E-state index contributed by atoms with van der Waals surface area (Å²) in [5.41, 5.74) is 2.12. The van der Waals surface area contributed by atoms with E-state index < -0.39 is 0 Å². The maximum absolute atomic E-state index is 12.3. The molecule has 1 aromatic carbocycles. The number of nitrogens with zero attached hydrogens (tertiary/aromatic N) is 1. The lowest BCUT2D eigenvalue weighted by molar-refractivity contribution is -0.895. The van der Waals surface area contributed by atoms with Gasteiger partial charge in [0, 0.05) is 5.69 Å². The van der Waals surface area contributed by atoms with Gasteiger partial charge in [0.15, 0.2) is 12.3 Å². The number of furan rings is 1. The molecular formula is C21H28N3O3+. The van der Waals surface area contributed by atoms with Crippen LogP contribution in [0.3, 0.4) is 0 Å². The molecule has 27 heavy (non-hydrogen) atoms. The maximum atomic E-state index is 12.3. The first-order valence-electron chi connectivity index (χ1n) is 9.63. The average Bonchev–Trinajstić information content (AvgIpc) is 3.23. The summed E-state index contributed by atoms with van der Waals surface area (Å²) in [6, 6.07) is 11.5. The minimum absolute atomic E-state index is 0.00658. The number of hydrogen-bond acceptors (Lipinski definition) is 3. The van der Waals surface area contributed by atoms with Crippen molar-refractivity contribution in [1.29, 1.82) is 0 Å². The van der Waals surface area contributed by atoms with E-state index in [1.807, 2.05) is 12.1 Å². The summed E-state index contributed by atoms with van der Waals surface area (Å²) in [6.45, 7) is 7.56. The lowest BCUT2D eigenvalue weighted by Gasteiger charge is -2.31. The fourth-order valence-corrected chi connectivity index (χ4v) is 3.32. The summed E-state index contributed by atoms with van der Waals surface area (Å²) < 4.78 is 5.17. The number of carbonyl (C=O) groups excluding carboxylic acids is 2. The Morgan fingerprint density at radius 1 is 1.19 bits per heavy atom. The number of amides is 2. The number of piperazine rings is 1. The highest BCUT2D eigenvalue weighted by Crippen LogP contribution is 2.20. The summed E-state index contributed by atoms with van der Waals surface area (Å²) >= 11 is 0. The van der Waals surface area contributed by atoms with Crippen molar-refractivity contribution in [2.75, 3.05) is 38.0 Å². The van der Waals surface area contributed by atoms with Crippen molar-refractivity contribution in [3.8, 4) is 0 Å². The van der Waals surface area contributed by atoms with Gasteiger partial charge in [-0.3, -0.25) is 9.59 Å². The van der Waals surface area contributed by atoms with Crippen LogP contribution < -0.4 is 10.2 Å². The minimum Gasteiger partial charge on any atom is -0.459 e. The van der Waals surface area contributed by atoms with Gasteiger partial charge < -0.3 is 19.5 Å². The molecule has 0 spiro atoms. The number of carbonyl (C=O) groups is 2. The number of rotatable bonds is 6. The first kappa shape index (κ1) is 19.2. The molecular weight excluding hydrogens is 342 g/mol. The fraction of sp³-hybridized carbons (Fsp3) is 0.429. The third-order valence-electron chi connectivity index (χ3n) is 5.28. The van der Waals surface area contributed by atoms with Crippen molar-refractivity contribution in [2.45, 2.75) is 26.2 Å². The van der Waals surface area contributed by atoms with Gasteiger partial charge in [-0.25, -0.2) is 0 Å². The Balaban J connectivity index is 1.45. The van der Waals surface area contributed by atoms with Crippen molar-refractivity contribution in [3.05, 3.63) is 54.0 Å². The zero-order valence-electron chi connectivity index (χ0n) is 16.0. The van der Waals surface area contributed by atoms with Gasteiger partial charge in [0.1, 0.15) is 0 Å². The topological polar surface area (TPSA) is 67.0 Å². The predicted octanol–water partition coefficient (Wildman–Crippen LogP) is 1.77. The Morgan fingerprint density at radius 3 is 2.48 bits per heavy atom. The Morgan fingerprint density at radius 2 is 1.89 bits per heavy atom. The fourth-order valence-electron chi connectivity index (χ4n) is 3.32. The van der Waals surface area contributed by atoms with Crippen LogP contribution in [-0.2, 0) is 4.79 Å². The van der Waals surface area contributed by atoms with Gasteiger partial charge in [0.2, 0.25) is 0 Å². The summed E-state index contributed by atoms with van der Waals surface area (Å²) in [5, 5.41) is 2.97. The quantitative estimate of drug-likeness (QED) is 0.814. The number of benzene rings is 1. The largest absolute Gasteiger partial charge is 0.459 e. The molecule has 3 rings (SSSR count). The molecule has 2 N–H and O–H groups in total. The monoisotopic (exact) mass is 370 g/mol. The molecule has 1 atom stereocenters. The second-order valence-corrected chi connectivity index (χ2v) is 7.18. The second-order valence-electron chi connectivity index (χ2n) is 7.18. The maximum Gasteiger partial charge on any atom is 0.289 e. The minimum atomic E-state index is -0.0788. The van der Waals surface area contributed by atoms with E-state index in [9.17, 15) is 9.59 Å². The number of nitrogens with one attached hydrogen (secondary N) is 2. The van der Waals surface area contributed by atoms with Crippen LogP contribution in [0.5, 0.6) is 0 Å². The molecule has 0 saturated carbocycles. The SMILES string of the molecule is CC[C@H](C)c1ccc(NC(=O)C[NH+]2CCN(C(=O)c3ccco3)CC2)cc1. The summed E-state index contributed by atoms with van der Waals surface area (Å²) in [5.74, 6) is 0.827. The molecule has 2 amide bonds. The van der Waals surface area contributed by atoms with Crippen LogP contribution >= 0.6 is 0 Å². The van der Waals surface area contributed by atoms with Crippen LogP contribution in [0.25, 0.3) is 0 Å². The molecule has 144 valence electrons. The van der Waals surface area contributed by atoms with E-state index in [2.05, 4.69) is 31.3 Å². The lowest BCUT2D eigenvalue weighted by atomic mass is 9.99. The smallest absolute Gasteiger partial charge is 0.289 e. The van der Waals surface area contributed by atoms with E-state index in [0.717, 1.165) is 25.2 Å². The molecule has 1 saturated heterocycles. The first-order valence-corrected chi connectivity index (χ1v) is 9.63. The van der Waals surface area contributed by atoms with E-state index in [4.69, 9.17) is 4.42 Å². The van der Waals surface area contributed by atoms with E-state index >= 15 is 0 Å². The summed E-state index contributed by atoms with van der Waals surface area (Å²) in [6.07, 6.45) is 2.61. The molecule has 2 aromatic rings. The van der Waals surface area contributed by atoms with Gasteiger partial charge in [0.25, 0.3) is 11.8 Å². The molecule has 1 fully saturated rings. The van der Waals surface area contributed by atoms with E-state index in [-0.39, 0.29) is 11.8 Å². The Bertz CT molecular complexity index is 747. The van der Waals surface area contributed by atoms with E-state index in [0.29, 0.717) is 31.3 Å². The molecule has 2 heterocycles. The van der Waals surface area contributed by atoms with Crippen molar-refractivity contribution >= 4 is 17.5 Å². The molecule has 1 aliphatic heterocycles. The van der Waals surface area contributed by atoms with Gasteiger partial charge in [-0.2, -0.15) is 0 Å². The van der Waals surface area contributed by atoms with Crippen LogP contribution in [0.1, 0.15) is 42.3 Å². The standard InChI is InChI=1S/C21H27N3O3/c1-3-16(2)17-6-8-18(9-7-17)22-20(25)15-23-10-12-24(13-11-23)21(26)19-5-4-14-27-19/h4-9,14,16H,3,10-13,15H2,1-2H3,(H,22,25)/p+1/t16-/m0/s1. The third kappa shape index (κ3) is 4.98. The van der Waals surface area contributed by atoms with Crippen molar-refractivity contribution in [2.24, 2.45) is 0 Å². The molecule has 1 aliphatic rings. The molecule has 6 heteroatoms. The Hall–Kier alpha value is -2.60. The highest BCUT2D eigenvalue weighted by molar-refractivity contribution is 5.92. The molecule has 0 unspecified atom stereocenters. The van der Waals surface area contributed by atoms with Crippen molar-refractivity contribution < 1.29 is 18.9 Å². The number of hydrogen-bond donors (Lipinski definition) is 2. The van der Waals surface area contributed by atoms with Crippen LogP contribution in [0.15, 0.2) is 47.1 Å². The first-order chi connectivity index (χ1) is 13.1. The van der Waals surface area contributed by atoms with Crippen molar-refractivity contribution in [3.63, 3.8) is 0 Å². The van der Waals surface area contributed by atoms with E-state index in [1.165, 1.54) is 16.7 Å². The second kappa shape index (κ2) is 8.86. The number of quaternary nitrogens is 1. The molecule has 6 nitrogen and oxygen atoms in total. The summed E-state index contributed by atoms with van der Waals surface area (Å²) in [4.78, 5) is 27.6. The zero-order valence-corrected chi connectivity index (χ0v) is 16.0. The highest BCUT2D eigenvalue weighted by atomic mass is 16.3. The zero-order chi connectivity index (χ0) is 19.2. The molecule has 0 radical (unpaired) electrons. The van der Waals surface area contributed by atoms with Gasteiger partial charge in [-0.1, -0.05) is 26.0 Å². The Labute approximate surface area is 160 Å².